The highest BCUT2D eigenvalue weighted by Crippen LogP contribution is 2.24. The molecule has 0 amide bonds. The van der Waals surface area contributed by atoms with Gasteiger partial charge in [-0.2, -0.15) is 0 Å². The Hall–Kier alpha value is -1.03. The zero-order valence-electron chi connectivity index (χ0n) is 10.0. The Balaban J connectivity index is 2.89. The van der Waals surface area contributed by atoms with Gasteiger partial charge in [-0.1, -0.05) is 20.3 Å². The monoisotopic (exact) mass is 241 g/mol. The van der Waals surface area contributed by atoms with Crippen molar-refractivity contribution in [1.82, 2.24) is 0 Å². The van der Waals surface area contributed by atoms with Crippen LogP contribution in [-0.2, 0) is 10.8 Å². The van der Waals surface area contributed by atoms with Crippen molar-refractivity contribution >= 4 is 16.5 Å². The van der Waals surface area contributed by atoms with Crippen LogP contribution in [0.25, 0.3) is 0 Å². The maximum atomic E-state index is 12.1. The van der Waals surface area contributed by atoms with Crippen LogP contribution in [0.5, 0.6) is 5.75 Å². The molecule has 1 aromatic carbocycles. The third kappa shape index (κ3) is 3.23. The van der Waals surface area contributed by atoms with E-state index in [0.717, 1.165) is 6.42 Å². The number of hydrogen-bond donors (Lipinski definition) is 1. The van der Waals surface area contributed by atoms with Crippen LogP contribution in [0.3, 0.4) is 0 Å². The molecule has 90 valence electrons. The van der Waals surface area contributed by atoms with Crippen molar-refractivity contribution in [3.63, 3.8) is 0 Å². The molecule has 0 bridgehead atoms. The average Bonchev–Trinajstić information content (AvgIpc) is 2.29. The summed E-state index contributed by atoms with van der Waals surface area (Å²) in [7, 11) is 0.548. The Labute approximate surface area is 99.4 Å². The van der Waals surface area contributed by atoms with Gasteiger partial charge in [-0.15, -0.1) is 0 Å². The van der Waals surface area contributed by atoms with Gasteiger partial charge in [-0.3, -0.25) is 4.21 Å². The van der Waals surface area contributed by atoms with Crippen LogP contribution in [0.4, 0.5) is 5.69 Å². The SMILES string of the molecule is CCC(C)CS(=O)c1cc(OC)ccc1N. The third-order valence-corrected chi connectivity index (χ3v) is 4.31. The molecule has 2 N–H and O–H groups in total. The molecular weight excluding hydrogens is 222 g/mol. The number of anilines is 1. The summed E-state index contributed by atoms with van der Waals surface area (Å²) in [6.07, 6.45) is 1.02. The molecule has 0 aliphatic heterocycles. The van der Waals surface area contributed by atoms with Crippen molar-refractivity contribution in [2.24, 2.45) is 5.92 Å². The molecule has 3 nitrogen and oxygen atoms in total. The fraction of sp³-hybridized carbons (Fsp3) is 0.500. The zero-order valence-corrected chi connectivity index (χ0v) is 10.8. The van der Waals surface area contributed by atoms with E-state index in [1.165, 1.54) is 0 Å². The van der Waals surface area contributed by atoms with Gasteiger partial charge in [-0.25, -0.2) is 0 Å². The van der Waals surface area contributed by atoms with E-state index < -0.39 is 10.8 Å². The lowest BCUT2D eigenvalue weighted by molar-refractivity contribution is 0.413. The molecule has 0 radical (unpaired) electrons. The fourth-order valence-electron chi connectivity index (χ4n) is 1.30. The van der Waals surface area contributed by atoms with E-state index in [-0.39, 0.29) is 0 Å². The number of hydrogen-bond acceptors (Lipinski definition) is 3. The summed E-state index contributed by atoms with van der Waals surface area (Å²) >= 11 is 0. The summed E-state index contributed by atoms with van der Waals surface area (Å²) in [5, 5.41) is 0. The number of ether oxygens (including phenoxy) is 1. The van der Waals surface area contributed by atoms with Crippen molar-refractivity contribution in [2.45, 2.75) is 25.2 Å². The molecule has 0 saturated carbocycles. The van der Waals surface area contributed by atoms with Gasteiger partial charge < -0.3 is 10.5 Å². The fourth-order valence-corrected chi connectivity index (χ4v) is 2.82. The van der Waals surface area contributed by atoms with Crippen LogP contribution >= 0.6 is 0 Å². The van der Waals surface area contributed by atoms with Gasteiger partial charge in [0.15, 0.2) is 0 Å². The first-order valence-electron chi connectivity index (χ1n) is 5.40. The summed E-state index contributed by atoms with van der Waals surface area (Å²) in [5.74, 6) is 1.78. The lowest BCUT2D eigenvalue weighted by atomic mass is 10.2. The Morgan fingerprint density at radius 3 is 2.75 bits per heavy atom. The van der Waals surface area contributed by atoms with E-state index >= 15 is 0 Å². The first kappa shape index (κ1) is 13.0. The Kier molecular flexibility index (Phi) is 4.80. The van der Waals surface area contributed by atoms with Crippen LogP contribution in [0, 0.1) is 5.92 Å². The largest absolute Gasteiger partial charge is 0.497 e. The molecule has 0 saturated heterocycles. The molecular formula is C12H19NO2S. The number of methoxy groups -OCH3 is 1. The van der Waals surface area contributed by atoms with E-state index in [1.54, 1.807) is 25.3 Å². The molecule has 0 aliphatic carbocycles. The maximum Gasteiger partial charge on any atom is 0.120 e. The molecule has 0 fully saturated rings. The summed E-state index contributed by atoms with van der Waals surface area (Å²) in [6.45, 7) is 4.19. The lowest BCUT2D eigenvalue weighted by Gasteiger charge is -2.11. The van der Waals surface area contributed by atoms with Gasteiger partial charge >= 0.3 is 0 Å². The lowest BCUT2D eigenvalue weighted by Crippen LogP contribution is -2.09. The van der Waals surface area contributed by atoms with Crippen LogP contribution in [0.2, 0.25) is 0 Å². The summed E-state index contributed by atoms with van der Waals surface area (Å²) in [6, 6.07) is 5.27. The summed E-state index contributed by atoms with van der Waals surface area (Å²) < 4.78 is 17.2. The molecule has 4 heteroatoms. The Morgan fingerprint density at radius 1 is 1.50 bits per heavy atom. The molecule has 0 spiro atoms. The van der Waals surface area contributed by atoms with Crippen molar-refractivity contribution in [3.8, 4) is 5.75 Å². The molecule has 0 aliphatic rings. The number of nitrogen functional groups attached to an aromatic ring is 1. The van der Waals surface area contributed by atoms with Gasteiger partial charge in [0.2, 0.25) is 0 Å². The van der Waals surface area contributed by atoms with Gasteiger partial charge in [0.05, 0.1) is 22.8 Å². The van der Waals surface area contributed by atoms with Crippen LogP contribution in [-0.4, -0.2) is 17.1 Å². The van der Waals surface area contributed by atoms with Gasteiger partial charge in [0, 0.05) is 11.4 Å². The van der Waals surface area contributed by atoms with Crippen LogP contribution in [0.1, 0.15) is 20.3 Å². The highest BCUT2D eigenvalue weighted by atomic mass is 32.2. The van der Waals surface area contributed by atoms with E-state index in [0.29, 0.717) is 28.0 Å². The number of rotatable bonds is 5. The van der Waals surface area contributed by atoms with Crippen molar-refractivity contribution < 1.29 is 8.95 Å². The highest BCUT2D eigenvalue weighted by molar-refractivity contribution is 7.85. The molecule has 1 rings (SSSR count). The number of nitrogens with two attached hydrogens (primary N) is 1. The molecule has 1 aromatic rings. The minimum Gasteiger partial charge on any atom is -0.497 e. The van der Waals surface area contributed by atoms with E-state index in [4.69, 9.17) is 10.5 Å². The van der Waals surface area contributed by atoms with E-state index in [1.807, 2.05) is 0 Å². The van der Waals surface area contributed by atoms with E-state index in [9.17, 15) is 4.21 Å². The smallest absolute Gasteiger partial charge is 0.120 e. The topological polar surface area (TPSA) is 52.3 Å². The molecule has 0 heterocycles. The van der Waals surface area contributed by atoms with Gasteiger partial charge in [-0.05, 0) is 24.1 Å². The van der Waals surface area contributed by atoms with Gasteiger partial charge in [0.1, 0.15) is 5.75 Å². The summed E-state index contributed by atoms with van der Waals surface area (Å²) in [5.41, 5.74) is 6.39. The predicted octanol–water partition coefficient (Wildman–Crippen LogP) is 2.43. The first-order valence-corrected chi connectivity index (χ1v) is 6.72. The molecule has 2 unspecified atom stereocenters. The van der Waals surface area contributed by atoms with Crippen LogP contribution in [0.15, 0.2) is 23.1 Å². The minimum atomic E-state index is -1.04. The second-order valence-electron chi connectivity index (χ2n) is 3.93. The standard InChI is InChI=1S/C12H19NO2S/c1-4-9(2)8-16(14)12-7-10(15-3)5-6-11(12)13/h5-7,9H,4,8,13H2,1-3H3. The Morgan fingerprint density at radius 2 is 2.19 bits per heavy atom. The van der Waals surface area contributed by atoms with Crippen LogP contribution < -0.4 is 10.5 Å². The first-order chi connectivity index (χ1) is 7.58. The van der Waals surface area contributed by atoms with Crippen molar-refractivity contribution in [3.05, 3.63) is 18.2 Å². The Bertz CT molecular complexity index is 379. The van der Waals surface area contributed by atoms with E-state index in [2.05, 4.69) is 13.8 Å². The third-order valence-electron chi connectivity index (χ3n) is 2.60. The number of benzene rings is 1. The zero-order chi connectivity index (χ0) is 12.1. The maximum absolute atomic E-state index is 12.1. The second-order valence-corrected chi connectivity index (χ2v) is 5.39. The molecule has 0 aromatic heterocycles. The van der Waals surface area contributed by atoms with Crippen molar-refractivity contribution in [2.75, 3.05) is 18.6 Å². The second kappa shape index (κ2) is 5.89. The summed E-state index contributed by atoms with van der Waals surface area (Å²) in [4.78, 5) is 0.680. The molecule has 2 atom stereocenters. The highest BCUT2D eigenvalue weighted by Gasteiger charge is 2.12. The average molecular weight is 241 g/mol. The quantitative estimate of drug-likeness (QED) is 0.805. The molecule has 16 heavy (non-hydrogen) atoms. The predicted molar refractivity (Wildman–Crippen MR) is 68.1 cm³/mol. The van der Waals surface area contributed by atoms with Gasteiger partial charge in [0.25, 0.3) is 0 Å². The van der Waals surface area contributed by atoms with Crippen molar-refractivity contribution in [1.29, 1.82) is 0 Å². The normalized spacial score (nSPS) is 14.4. The minimum absolute atomic E-state index is 0.437.